The van der Waals surface area contributed by atoms with Crippen LogP contribution in [0.1, 0.15) is 24.0 Å². The van der Waals surface area contributed by atoms with Gasteiger partial charge < -0.3 is 18.8 Å². The van der Waals surface area contributed by atoms with Gasteiger partial charge in [0.2, 0.25) is 0 Å². The Kier molecular flexibility index (Phi) is 7.82. The molecule has 3 aromatic rings. The number of carbonyl (C=O) groups is 2. The summed E-state index contributed by atoms with van der Waals surface area (Å²) in [5, 5.41) is 9.62. The van der Waals surface area contributed by atoms with E-state index in [0.29, 0.717) is 22.6 Å². The van der Waals surface area contributed by atoms with Gasteiger partial charge in [0.25, 0.3) is 5.91 Å². The molecule has 0 unspecified atom stereocenters. The van der Waals surface area contributed by atoms with Crippen LogP contribution in [0.4, 0.5) is 5.69 Å². The molecule has 0 bridgehead atoms. The number of anilines is 1. The molecule has 0 aliphatic carbocycles. The summed E-state index contributed by atoms with van der Waals surface area (Å²) in [5.41, 5.74) is 1.61. The molecule has 0 atom stereocenters. The van der Waals surface area contributed by atoms with Crippen molar-refractivity contribution in [2.45, 2.75) is 26.2 Å². The second-order valence-corrected chi connectivity index (χ2v) is 7.30. The van der Waals surface area contributed by atoms with Crippen LogP contribution in [0.3, 0.4) is 0 Å². The zero-order valence-electron chi connectivity index (χ0n) is 18.5. The van der Waals surface area contributed by atoms with Crippen molar-refractivity contribution in [3.8, 4) is 11.8 Å². The third-order valence-corrected chi connectivity index (χ3v) is 5.25. The highest BCUT2D eigenvalue weighted by atomic mass is 16.5. The number of para-hydroxylation sites is 1. The van der Waals surface area contributed by atoms with Gasteiger partial charge in [-0.15, -0.1) is 0 Å². The first kappa shape index (κ1) is 23.5. The number of benzene rings is 2. The molecule has 2 aromatic carbocycles. The van der Waals surface area contributed by atoms with E-state index in [1.54, 1.807) is 49.4 Å². The standard InChI is InChI=1S/C25H24N2O6/c1-17-20-10-9-19(31-2)15-22(20)33-25(30)21(17)11-12-24(29)32-16-23(28)27(14-6-13-26)18-7-4-3-5-8-18/h3-5,7-10,15H,6,11-12,14,16H2,1-2H3. The first-order chi connectivity index (χ1) is 15.9. The fraction of sp³-hybridized carbons (Fsp3) is 0.280. The fourth-order valence-electron chi connectivity index (χ4n) is 3.48. The van der Waals surface area contributed by atoms with Crippen LogP contribution in [-0.2, 0) is 20.7 Å². The fourth-order valence-corrected chi connectivity index (χ4v) is 3.48. The number of aryl methyl sites for hydroxylation is 1. The lowest BCUT2D eigenvalue weighted by Crippen LogP contribution is -2.35. The number of nitrogens with zero attached hydrogens (tertiary/aromatic N) is 2. The van der Waals surface area contributed by atoms with Crippen LogP contribution in [0.2, 0.25) is 0 Å². The Morgan fingerprint density at radius 2 is 1.91 bits per heavy atom. The van der Waals surface area contributed by atoms with Gasteiger partial charge in [-0.1, -0.05) is 18.2 Å². The third-order valence-electron chi connectivity index (χ3n) is 5.25. The van der Waals surface area contributed by atoms with E-state index in [1.807, 2.05) is 12.1 Å². The molecule has 0 N–H and O–H groups in total. The Morgan fingerprint density at radius 3 is 2.61 bits per heavy atom. The lowest BCUT2D eigenvalue weighted by molar-refractivity contribution is -0.147. The van der Waals surface area contributed by atoms with Crippen molar-refractivity contribution in [1.29, 1.82) is 5.26 Å². The minimum absolute atomic E-state index is 0.0793. The van der Waals surface area contributed by atoms with Crippen LogP contribution in [0.5, 0.6) is 5.75 Å². The summed E-state index contributed by atoms with van der Waals surface area (Å²) in [6, 6.07) is 16.1. The Hall–Kier alpha value is -4.12. The Labute approximate surface area is 190 Å². The molecule has 0 aliphatic heterocycles. The largest absolute Gasteiger partial charge is 0.497 e. The third kappa shape index (κ3) is 5.77. The van der Waals surface area contributed by atoms with Crippen LogP contribution in [0.15, 0.2) is 57.7 Å². The van der Waals surface area contributed by atoms with Gasteiger partial charge in [0.15, 0.2) is 6.61 Å². The summed E-state index contributed by atoms with van der Waals surface area (Å²) in [6.45, 7) is 1.53. The topological polar surface area (TPSA) is 110 Å². The second-order valence-electron chi connectivity index (χ2n) is 7.30. The number of hydrogen-bond donors (Lipinski definition) is 0. The Bertz CT molecular complexity index is 1240. The highest BCUT2D eigenvalue weighted by Gasteiger charge is 2.18. The van der Waals surface area contributed by atoms with Gasteiger partial charge >= 0.3 is 11.6 Å². The van der Waals surface area contributed by atoms with Gasteiger partial charge in [0.1, 0.15) is 11.3 Å². The molecular formula is C25H24N2O6. The maximum atomic E-state index is 12.6. The second kappa shape index (κ2) is 11.0. The first-order valence-electron chi connectivity index (χ1n) is 10.4. The number of methoxy groups -OCH3 is 1. The zero-order valence-corrected chi connectivity index (χ0v) is 18.5. The van der Waals surface area contributed by atoms with E-state index in [4.69, 9.17) is 19.2 Å². The maximum Gasteiger partial charge on any atom is 0.339 e. The molecule has 0 fully saturated rings. The smallest absolute Gasteiger partial charge is 0.339 e. The van der Waals surface area contributed by atoms with Crippen LogP contribution in [0, 0.1) is 18.3 Å². The van der Waals surface area contributed by atoms with Crippen LogP contribution < -0.4 is 15.3 Å². The molecule has 1 heterocycles. The van der Waals surface area contributed by atoms with Crippen molar-refractivity contribution < 1.29 is 23.5 Å². The first-order valence-corrected chi connectivity index (χ1v) is 10.4. The average Bonchev–Trinajstić information content (AvgIpc) is 2.83. The lowest BCUT2D eigenvalue weighted by Gasteiger charge is -2.21. The number of nitriles is 1. The van der Waals surface area contributed by atoms with Crippen molar-refractivity contribution >= 4 is 28.5 Å². The van der Waals surface area contributed by atoms with E-state index in [2.05, 4.69) is 0 Å². The summed E-state index contributed by atoms with van der Waals surface area (Å²) in [5.74, 6) is -0.462. The molecular weight excluding hydrogens is 424 g/mol. The van der Waals surface area contributed by atoms with Gasteiger partial charge in [0.05, 0.1) is 19.6 Å². The van der Waals surface area contributed by atoms with Crippen LogP contribution in [-0.4, -0.2) is 32.1 Å². The number of fused-ring (bicyclic) bond motifs is 1. The minimum atomic E-state index is -0.606. The molecule has 8 heteroatoms. The summed E-state index contributed by atoms with van der Waals surface area (Å²) in [6.07, 6.45) is 0.196. The van der Waals surface area contributed by atoms with Crippen LogP contribution in [0.25, 0.3) is 11.0 Å². The van der Waals surface area contributed by atoms with E-state index in [1.165, 1.54) is 12.0 Å². The van der Waals surface area contributed by atoms with E-state index < -0.39 is 24.1 Å². The molecule has 8 nitrogen and oxygen atoms in total. The van der Waals surface area contributed by atoms with Crippen molar-refractivity contribution in [2.75, 3.05) is 25.2 Å². The van der Waals surface area contributed by atoms with Crippen molar-refractivity contribution in [1.82, 2.24) is 0 Å². The SMILES string of the molecule is COc1ccc2c(C)c(CCC(=O)OCC(=O)N(CCC#N)c3ccccc3)c(=O)oc2c1. The molecule has 0 aliphatic rings. The molecule has 0 radical (unpaired) electrons. The predicted octanol–water partition coefficient (Wildman–Crippen LogP) is 3.53. The molecule has 1 amide bonds. The predicted molar refractivity (Wildman–Crippen MR) is 122 cm³/mol. The Balaban J connectivity index is 1.63. The molecule has 0 saturated carbocycles. The maximum absolute atomic E-state index is 12.6. The minimum Gasteiger partial charge on any atom is -0.497 e. The quantitative estimate of drug-likeness (QED) is 0.364. The molecule has 0 saturated heterocycles. The number of carbonyl (C=O) groups excluding carboxylic acids is 2. The molecule has 170 valence electrons. The lowest BCUT2D eigenvalue weighted by atomic mass is 10.0. The molecule has 3 rings (SSSR count). The normalized spacial score (nSPS) is 10.5. The molecule has 0 spiro atoms. The van der Waals surface area contributed by atoms with Gasteiger partial charge in [0, 0.05) is 35.7 Å². The van der Waals surface area contributed by atoms with Crippen molar-refractivity contribution in [2.24, 2.45) is 0 Å². The molecule has 33 heavy (non-hydrogen) atoms. The summed E-state index contributed by atoms with van der Waals surface area (Å²) < 4.78 is 15.7. The van der Waals surface area contributed by atoms with Gasteiger partial charge in [-0.25, -0.2) is 4.79 Å². The van der Waals surface area contributed by atoms with Crippen molar-refractivity contribution in [3.63, 3.8) is 0 Å². The number of rotatable bonds is 9. The average molecular weight is 448 g/mol. The number of amides is 1. The van der Waals surface area contributed by atoms with Gasteiger partial charge in [-0.3, -0.25) is 9.59 Å². The number of hydrogen-bond acceptors (Lipinski definition) is 7. The highest BCUT2D eigenvalue weighted by molar-refractivity contribution is 5.95. The molecule has 1 aromatic heterocycles. The van der Waals surface area contributed by atoms with Crippen LogP contribution >= 0.6 is 0 Å². The van der Waals surface area contributed by atoms with Gasteiger partial charge in [-0.05, 0) is 43.2 Å². The highest BCUT2D eigenvalue weighted by Crippen LogP contribution is 2.24. The summed E-state index contributed by atoms with van der Waals surface area (Å²) >= 11 is 0. The van der Waals surface area contributed by atoms with Gasteiger partial charge in [-0.2, -0.15) is 5.26 Å². The van der Waals surface area contributed by atoms with E-state index in [9.17, 15) is 14.4 Å². The number of ether oxygens (including phenoxy) is 2. The van der Waals surface area contributed by atoms with E-state index in [0.717, 1.165) is 10.9 Å². The monoisotopic (exact) mass is 448 g/mol. The number of esters is 1. The Morgan fingerprint density at radius 1 is 1.15 bits per heavy atom. The van der Waals surface area contributed by atoms with Crippen molar-refractivity contribution in [3.05, 3.63) is 70.1 Å². The zero-order chi connectivity index (χ0) is 23.8. The van der Waals surface area contributed by atoms with E-state index >= 15 is 0 Å². The summed E-state index contributed by atoms with van der Waals surface area (Å²) in [4.78, 5) is 38.7. The van der Waals surface area contributed by atoms with E-state index in [-0.39, 0.29) is 25.8 Å². The summed E-state index contributed by atoms with van der Waals surface area (Å²) in [7, 11) is 1.53.